The van der Waals surface area contributed by atoms with E-state index in [1.54, 1.807) is 31.2 Å². The van der Waals surface area contributed by atoms with E-state index in [1.165, 1.54) is 48.5 Å². The quantitative estimate of drug-likeness (QED) is 0.536. The Balaban J connectivity index is 1.75. The summed E-state index contributed by atoms with van der Waals surface area (Å²) in [5.74, 6) is -0.489. The minimum absolute atomic E-state index is 0.0778. The van der Waals surface area contributed by atoms with Crippen LogP contribution in [0.25, 0.3) is 0 Å². The number of aryl methyl sites for hydroxylation is 1. The van der Waals surface area contributed by atoms with Crippen LogP contribution in [0.15, 0.2) is 82.6 Å². The summed E-state index contributed by atoms with van der Waals surface area (Å²) in [4.78, 5) is 12.5. The molecule has 3 rings (SSSR count). The van der Waals surface area contributed by atoms with E-state index in [4.69, 9.17) is 5.14 Å². The molecule has 30 heavy (non-hydrogen) atoms. The lowest BCUT2D eigenvalue weighted by atomic mass is 10.2. The first-order chi connectivity index (χ1) is 14.1. The van der Waals surface area contributed by atoms with Crippen LogP contribution in [-0.2, 0) is 20.0 Å². The fourth-order valence-corrected chi connectivity index (χ4v) is 4.58. The van der Waals surface area contributed by atoms with Crippen LogP contribution in [0.2, 0.25) is 0 Å². The lowest BCUT2D eigenvalue weighted by Gasteiger charge is -2.10. The maximum absolute atomic E-state index is 12.4. The molecule has 0 aromatic heterocycles. The molecule has 10 heteroatoms. The molecule has 3 aromatic rings. The largest absolute Gasteiger partial charge is 0.322 e. The van der Waals surface area contributed by atoms with Crippen LogP contribution in [0.5, 0.6) is 0 Å². The number of rotatable bonds is 6. The first-order valence-electron chi connectivity index (χ1n) is 8.69. The molecule has 0 aliphatic carbocycles. The molecule has 8 nitrogen and oxygen atoms in total. The summed E-state index contributed by atoms with van der Waals surface area (Å²) < 4.78 is 50.4. The molecule has 0 bridgehead atoms. The van der Waals surface area contributed by atoms with Crippen molar-refractivity contribution in [3.05, 3.63) is 83.9 Å². The topological polar surface area (TPSA) is 135 Å². The highest BCUT2D eigenvalue weighted by Crippen LogP contribution is 2.21. The van der Waals surface area contributed by atoms with Crippen LogP contribution >= 0.6 is 0 Å². The molecule has 0 unspecified atom stereocenters. The third-order valence-corrected chi connectivity index (χ3v) is 6.66. The van der Waals surface area contributed by atoms with Gasteiger partial charge in [-0.1, -0.05) is 24.3 Å². The van der Waals surface area contributed by atoms with Crippen molar-refractivity contribution in [3.8, 4) is 0 Å². The van der Waals surface area contributed by atoms with E-state index in [2.05, 4.69) is 10.0 Å². The van der Waals surface area contributed by atoms with Crippen molar-refractivity contribution in [1.29, 1.82) is 0 Å². The number of benzene rings is 3. The minimum atomic E-state index is -3.92. The second-order valence-electron chi connectivity index (χ2n) is 6.48. The van der Waals surface area contributed by atoms with Gasteiger partial charge in [-0.25, -0.2) is 22.0 Å². The number of hydrogen-bond donors (Lipinski definition) is 3. The summed E-state index contributed by atoms with van der Waals surface area (Å²) >= 11 is 0. The van der Waals surface area contributed by atoms with Gasteiger partial charge in [0.2, 0.25) is 10.0 Å². The molecule has 0 aliphatic rings. The number of amides is 1. The maximum Gasteiger partial charge on any atom is 0.261 e. The van der Waals surface area contributed by atoms with Crippen molar-refractivity contribution in [1.82, 2.24) is 0 Å². The number of anilines is 2. The number of primary sulfonamides is 1. The third kappa shape index (κ3) is 5.03. The van der Waals surface area contributed by atoms with Crippen molar-refractivity contribution in [3.63, 3.8) is 0 Å². The lowest BCUT2D eigenvalue weighted by molar-refractivity contribution is 0.102. The molecule has 0 spiro atoms. The molecule has 4 N–H and O–H groups in total. The van der Waals surface area contributed by atoms with E-state index >= 15 is 0 Å². The molecule has 0 heterocycles. The summed E-state index contributed by atoms with van der Waals surface area (Å²) in [6.45, 7) is 1.60. The van der Waals surface area contributed by atoms with Gasteiger partial charge in [0, 0.05) is 16.9 Å². The van der Waals surface area contributed by atoms with E-state index in [0.29, 0.717) is 11.3 Å². The molecule has 0 saturated heterocycles. The van der Waals surface area contributed by atoms with Gasteiger partial charge in [-0.2, -0.15) is 0 Å². The lowest BCUT2D eigenvalue weighted by Crippen LogP contribution is -2.16. The van der Waals surface area contributed by atoms with Crippen LogP contribution in [0.3, 0.4) is 0 Å². The fourth-order valence-electron chi connectivity index (χ4n) is 2.69. The van der Waals surface area contributed by atoms with Gasteiger partial charge >= 0.3 is 0 Å². The molecular formula is C20H19N3O5S2. The summed E-state index contributed by atoms with van der Waals surface area (Å²) in [6.07, 6.45) is 0. The van der Waals surface area contributed by atoms with Gasteiger partial charge in [0.15, 0.2) is 0 Å². The predicted octanol–water partition coefficient (Wildman–Crippen LogP) is 2.70. The van der Waals surface area contributed by atoms with Crippen molar-refractivity contribution >= 4 is 37.3 Å². The number of nitrogens with two attached hydrogens (primary N) is 1. The highest BCUT2D eigenvalue weighted by atomic mass is 32.2. The van der Waals surface area contributed by atoms with Crippen LogP contribution in [0.1, 0.15) is 15.9 Å². The predicted molar refractivity (Wildman–Crippen MR) is 114 cm³/mol. The Bertz CT molecular complexity index is 1290. The number of nitrogens with one attached hydrogen (secondary N) is 2. The fraction of sp³-hybridized carbons (Fsp3) is 0.0500. The van der Waals surface area contributed by atoms with Crippen molar-refractivity contribution < 1.29 is 21.6 Å². The molecule has 0 saturated carbocycles. The average molecular weight is 446 g/mol. The summed E-state index contributed by atoms with van der Waals surface area (Å²) in [7, 11) is -7.66. The van der Waals surface area contributed by atoms with Gasteiger partial charge in [0.05, 0.1) is 9.79 Å². The SMILES string of the molecule is Cc1ccc(NC(=O)c2ccc(NS(=O)(=O)c3ccccc3)cc2)cc1S(N)(=O)=O. The number of sulfonamides is 2. The number of carbonyl (C=O) groups excluding carboxylic acids is 1. The zero-order valence-electron chi connectivity index (χ0n) is 15.9. The van der Waals surface area contributed by atoms with E-state index in [9.17, 15) is 21.6 Å². The molecule has 0 aliphatic heterocycles. The van der Waals surface area contributed by atoms with Crippen LogP contribution in [-0.4, -0.2) is 22.7 Å². The first-order valence-corrected chi connectivity index (χ1v) is 11.7. The second kappa shape index (κ2) is 8.27. The Morgan fingerprint density at radius 1 is 0.833 bits per heavy atom. The standard InChI is InChI=1S/C20H19N3O5S2/c1-14-7-10-17(13-19(14)29(21,25)26)22-20(24)15-8-11-16(12-9-15)23-30(27,28)18-5-3-2-4-6-18/h2-13,23H,1H3,(H,22,24)(H2,21,25,26). The molecule has 0 atom stereocenters. The highest BCUT2D eigenvalue weighted by molar-refractivity contribution is 7.92. The Labute approximate surface area is 174 Å². The van der Waals surface area contributed by atoms with Crippen LogP contribution in [0, 0.1) is 6.92 Å². The highest BCUT2D eigenvalue weighted by Gasteiger charge is 2.15. The van der Waals surface area contributed by atoms with E-state index in [0.717, 1.165) is 0 Å². The Morgan fingerprint density at radius 3 is 2.03 bits per heavy atom. The van der Waals surface area contributed by atoms with Gasteiger partial charge < -0.3 is 5.32 Å². The molecule has 0 fully saturated rings. The number of hydrogen-bond acceptors (Lipinski definition) is 5. The van der Waals surface area contributed by atoms with Gasteiger partial charge in [-0.15, -0.1) is 0 Å². The Kier molecular flexibility index (Phi) is 5.92. The van der Waals surface area contributed by atoms with Gasteiger partial charge in [0.1, 0.15) is 0 Å². The average Bonchev–Trinajstić information content (AvgIpc) is 2.69. The van der Waals surface area contributed by atoms with Crippen molar-refractivity contribution in [2.75, 3.05) is 10.0 Å². The third-order valence-electron chi connectivity index (χ3n) is 4.21. The smallest absolute Gasteiger partial charge is 0.261 e. The molecule has 156 valence electrons. The minimum Gasteiger partial charge on any atom is -0.322 e. The molecule has 1 amide bonds. The Hall–Kier alpha value is -3.21. The summed E-state index contributed by atoms with van der Waals surface area (Å²) in [6, 6.07) is 18.1. The monoisotopic (exact) mass is 445 g/mol. The van der Waals surface area contributed by atoms with E-state index < -0.39 is 26.0 Å². The zero-order valence-corrected chi connectivity index (χ0v) is 17.5. The van der Waals surface area contributed by atoms with Gasteiger partial charge in [-0.05, 0) is 61.0 Å². The summed E-state index contributed by atoms with van der Waals surface area (Å²) in [5, 5.41) is 7.77. The Morgan fingerprint density at radius 2 is 1.43 bits per heavy atom. The normalized spacial score (nSPS) is 11.7. The van der Waals surface area contributed by atoms with Crippen LogP contribution in [0.4, 0.5) is 11.4 Å². The van der Waals surface area contributed by atoms with Gasteiger partial charge in [-0.3, -0.25) is 9.52 Å². The second-order valence-corrected chi connectivity index (χ2v) is 9.69. The molecular weight excluding hydrogens is 426 g/mol. The van der Waals surface area contributed by atoms with Crippen molar-refractivity contribution in [2.45, 2.75) is 16.7 Å². The zero-order chi connectivity index (χ0) is 21.9. The number of carbonyl (C=O) groups is 1. The van der Waals surface area contributed by atoms with Gasteiger partial charge in [0.25, 0.3) is 15.9 Å². The maximum atomic E-state index is 12.4. The van der Waals surface area contributed by atoms with Crippen LogP contribution < -0.4 is 15.2 Å². The van der Waals surface area contributed by atoms with E-state index in [1.807, 2.05) is 0 Å². The van der Waals surface area contributed by atoms with E-state index in [-0.39, 0.29) is 21.0 Å². The van der Waals surface area contributed by atoms with Crippen molar-refractivity contribution in [2.24, 2.45) is 5.14 Å². The summed E-state index contributed by atoms with van der Waals surface area (Å²) in [5.41, 5.74) is 1.28. The molecule has 0 radical (unpaired) electrons. The first kappa shape index (κ1) is 21.5. The molecule has 3 aromatic carbocycles.